The highest BCUT2D eigenvalue weighted by atomic mass is 35.5. The quantitative estimate of drug-likeness (QED) is 0.855. The second-order valence-electron chi connectivity index (χ2n) is 4.60. The van der Waals surface area contributed by atoms with E-state index in [0.29, 0.717) is 24.5 Å². The van der Waals surface area contributed by atoms with Gasteiger partial charge >= 0.3 is 0 Å². The van der Waals surface area contributed by atoms with Crippen molar-refractivity contribution in [3.8, 4) is 0 Å². The molecule has 1 aliphatic heterocycles. The first-order valence-corrected chi connectivity index (χ1v) is 6.49. The molecular formula is C13H13ClN4O. The fourth-order valence-corrected chi connectivity index (χ4v) is 2.36. The van der Waals surface area contributed by atoms with Gasteiger partial charge < -0.3 is 4.90 Å². The summed E-state index contributed by atoms with van der Waals surface area (Å²) in [5.41, 5.74) is 0.873. The molecule has 2 heterocycles. The van der Waals surface area contributed by atoms with Crippen LogP contribution in [0.25, 0.3) is 0 Å². The van der Waals surface area contributed by atoms with E-state index in [1.807, 2.05) is 29.3 Å². The maximum absolute atomic E-state index is 12.1. The van der Waals surface area contributed by atoms with Crippen molar-refractivity contribution in [2.45, 2.75) is 12.5 Å². The highest BCUT2D eigenvalue weighted by molar-refractivity contribution is 6.31. The van der Waals surface area contributed by atoms with Gasteiger partial charge in [0.15, 0.2) is 0 Å². The summed E-state index contributed by atoms with van der Waals surface area (Å²) >= 11 is 6.05. The van der Waals surface area contributed by atoms with Crippen molar-refractivity contribution in [3.05, 3.63) is 47.2 Å². The molecule has 1 aromatic heterocycles. The van der Waals surface area contributed by atoms with Crippen molar-refractivity contribution in [2.24, 2.45) is 0 Å². The average molecular weight is 277 g/mol. The average Bonchev–Trinajstić information content (AvgIpc) is 2.84. The lowest BCUT2D eigenvalue weighted by molar-refractivity contribution is -0.136. The third-order valence-electron chi connectivity index (χ3n) is 3.33. The van der Waals surface area contributed by atoms with Crippen molar-refractivity contribution < 1.29 is 4.79 Å². The van der Waals surface area contributed by atoms with Crippen molar-refractivity contribution in [1.82, 2.24) is 19.9 Å². The molecule has 0 aliphatic carbocycles. The van der Waals surface area contributed by atoms with Crippen LogP contribution in [-0.2, 0) is 11.2 Å². The van der Waals surface area contributed by atoms with E-state index >= 15 is 0 Å². The Bertz CT molecular complexity index is 578. The van der Waals surface area contributed by atoms with Crippen LogP contribution in [-0.4, -0.2) is 38.9 Å². The third-order valence-corrected chi connectivity index (χ3v) is 3.70. The second kappa shape index (κ2) is 5.01. The summed E-state index contributed by atoms with van der Waals surface area (Å²) < 4.78 is 1.79. The van der Waals surface area contributed by atoms with E-state index in [2.05, 4.69) is 10.3 Å². The summed E-state index contributed by atoms with van der Waals surface area (Å²) in [5, 5.41) is 8.35. The van der Waals surface area contributed by atoms with Gasteiger partial charge in [0.1, 0.15) is 0 Å². The number of likely N-dealkylation sites (tertiary alicyclic amines) is 1. The molecule has 1 aromatic carbocycles. The predicted molar refractivity (Wildman–Crippen MR) is 70.8 cm³/mol. The molecule has 6 heteroatoms. The molecule has 3 rings (SSSR count). The molecule has 19 heavy (non-hydrogen) atoms. The summed E-state index contributed by atoms with van der Waals surface area (Å²) in [5.74, 6) is 0.101. The number of hydrogen-bond acceptors (Lipinski definition) is 3. The molecular weight excluding hydrogens is 264 g/mol. The Balaban J connectivity index is 1.57. The lowest BCUT2D eigenvalue weighted by Gasteiger charge is -2.39. The minimum atomic E-state index is 0.101. The SMILES string of the molecule is O=C(Cc1ccccc1Cl)N1CC(n2ccnn2)C1. The van der Waals surface area contributed by atoms with Gasteiger partial charge in [-0.3, -0.25) is 4.79 Å². The van der Waals surface area contributed by atoms with Crippen LogP contribution in [0, 0.1) is 0 Å². The van der Waals surface area contributed by atoms with Crippen molar-refractivity contribution in [1.29, 1.82) is 0 Å². The maximum atomic E-state index is 12.1. The molecule has 1 fully saturated rings. The van der Waals surface area contributed by atoms with E-state index in [1.165, 1.54) is 0 Å². The number of nitrogens with zero attached hydrogens (tertiary/aromatic N) is 4. The lowest BCUT2D eigenvalue weighted by Crippen LogP contribution is -2.51. The third kappa shape index (κ3) is 2.46. The van der Waals surface area contributed by atoms with E-state index in [0.717, 1.165) is 5.56 Å². The van der Waals surface area contributed by atoms with E-state index in [-0.39, 0.29) is 11.9 Å². The number of amides is 1. The van der Waals surface area contributed by atoms with Gasteiger partial charge in [0.25, 0.3) is 0 Å². The summed E-state index contributed by atoms with van der Waals surface area (Å²) in [4.78, 5) is 13.9. The summed E-state index contributed by atoms with van der Waals surface area (Å²) in [6.45, 7) is 1.37. The van der Waals surface area contributed by atoms with Crippen LogP contribution in [0.4, 0.5) is 0 Å². The van der Waals surface area contributed by atoms with Crippen LogP contribution in [0.3, 0.4) is 0 Å². The number of aromatic nitrogens is 3. The molecule has 5 nitrogen and oxygen atoms in total. The van der Waals surface area contributed by atoms with Gasteiger partial charge in [0.05, 0.1) is 18.7 Å². The van der Waals surface area contributed by atoms with Crippen LogP contribution in [0.15, 0.2) is 36.7 Å². The van der Waals surface area contributed by atoms with E-state index in [4.69, 9.17) is 11.6 Å². The highest BCUT2D eigenvalue weighted by Crippen LogP contribution is 2.22. The zero-order valence-electron chi connectivity index (χ0n) is 10.2. The predicted octanol–water partition coefficient (Wildman–Crippen LogP) is 1.56. The molecule has 0 unspecified atom stereocenters. The van der Waals surface area contributed by atoms with Crippen LogP contribution >= 0.6 is 11.6 Å². The second-order valence-corrected chi connectivity index (χ2v) is 5.01. The Hall–Kier alpha value is -1.88. The molecule has 0 spiro atoms. The van der Waals surface area contributed by atoms with E-state index in [1.54, 1.807) is 16.9 Å². The van der Waals surface area contributed by atoms with Gasteiger partial charge in [-0.05, 0) is 11.6 Å². The minimum Gasteiger partial charge on any atom is -0.338 e. The van der Waals surface area contributed by atoms with Gasteiger partial charge in [-0.2, -0.15) is 0 Å². The maximum Gasteiger partial charge on any atom is 0.227 e. The summed E-state index contributed by atoms with van der Waals surface area (Å²) in [6, 6.07) is 7.69. The standard InChI is InChI=1S/C13H13ClN4O/c14-12-4-2-1-3-10(12)7-13(19)17-8-11(9-17)18-6-5-15-16-18/h1-6,11H,7-9H2. The van der Waals surface area contributed by atoms with Gasteiger partial charge in [-0.15, -0.1) is 5.10 Å². The Kier molecular flexibility index (Phi) is 3.21. The summed E-state index contributed by atoms with van der Waals surface area (Å²) in [7, 11) is 0. The number of benzene rings is 1. The van der Waals surface area contributed by atoms with Crippen LogP contribution in [0.1, 0.15) is 11.6 Å². The molecule has 0 radical (unpaired) electrons. The Morgan fingerprint density at radius 3 is 2.84 bits per heavy atom. The van der Waals surface area contributed by atoms with E-state index in [9.17, 15) is 4.79 Å². The fraction of sp³-hybridized carbons (Fsp3) is 0.308. The van der Waals surface area contributed by atoms with Crippen molar-refractivity contribution in [2.75, 3.05) is 13.1 Å². The van der Waals surface area contributed by atoms with E-state index < -0.39 is 0 Å². The molecule has 0 atom stereocenters. The molecule has 2 aromatic rings. The van der Waals surface area contributed by atoms with Gasteiger partial charge in [0.2, 0.25) is 5.91 Å². The highest BCUT2D eigenvalue weighted by Gasteiger charge is 2.32. The molecule has 1 saturated heterocycles. The first kappa shape index (κ1) is 12.2. The molecule has 1 amide bonds. The minimum absolute atomic E-state index is 0.101. The topological polar surface area (TPSA) is 51.0 Å². The van der Waals surface area contributed by atoms with Crippen molar-refractivity contribution >= 4 is 17.5 Å². The first-order chi connectivity index (χ1) is 9.24. The van der Waals surface area contributed by atoms with Crippen molar-refractivity contribution in [3.63, 3.8) is 0 Å². The number of rotatable bonds is 3. The van der Waals surface area contributed by atoms with Gasteiger partial charge in [-0.1, -0.05) is 35.0 Å². The monoisotopic (exact) mass is 276 g/mol. The largest absolute Gasteiger partial charge is 0.338 e. The number of halogens is 1. The molecule has 98 valence electrons. The Morgan fingerprint density at radius 2 is 2.16 bits per heavy atom. The molecule has 0 bridgehead atoms. The fourth-order valence-electron chi connectivity index (χ4n) is 2.15. The van der Waals surface area contributed by atoms with Gasteiger partial charge in [-0.25, -0.2) is 4.68 Å². The number of carbonyl (C=O) groups is 1. The van der Waals surface area contributed by atoms with Crippen LogP contribution in [0.2, 0.25) is 5.02 Å². The Labute approximate surface area is 115 Å². The zero-order valence-corrected chi connectivity index (χ0v) is 11.0. The van der Waals surface area contributed by atoms with Gasteiger partial charge in [0, 0.05) is 24.3 Å². The normalized spacial score (nSPS) is 15.3. The first-order valence-electron chi connectivity index (χ1n) is 6.11. The Morgan fingerprint density at radius 1 is 1.37 bits per heavy atom. The smallest absolute Gasteiger partial charge is 0.227 e. The number of carbonyl (C=O) groups excluding carboxylic acids is 1. The summed E-state index contributed by atoms with van der Waals surface area (Å²) in [6.07, 6.45) is 3.82. The molecule has 1 aliphatic rings. The number of hydrogen-bond donors (Lipinski definition) is 0. The molecule has 0 N–H and O–H groups in total. The molecule has 0 saturated carbocycles. The zero-order chi connectivity index (χ0) is 13.2. The van der Waals surface area contributed by atoms with Crippen LogP contribution < -0.4 is 0 Å². The van der Waals surface area contributed by atoms with Crippen LogP contribution in [0.5, 0.6) is 0 Å². The lowest BCUT2D eigenvalue weighted by atomic mass is 10.1.